The lowest BCUT2D eigenvalue weighted by Gasteiger charge is -2.19. The highest BCUT2D eigenvalue weighted by Crippen LogP contribution is 2.18. The van der Waals surface area contributed by atoms with Crippen molar-refractivity contribution in [1.29, 1.82) is 0 Å². The summed E-state index contributed by atoms with van der Waals surface area (Å²) in [6.07, 6.45) is 0. The van der Waals surface area contributed by atoms with Crippen molar-refractivity contribution in [3.05, 3.63) is 30.1 Å². The highest BCUT2D eigenvalue weighted by atomic mass is 32.2. The lowest BCUT2D eigenvalue weighted by Crippen LogP contribution is -2.43. The number of carbonyl (C=O) groups is 2. The molecule has 0 aliphatic rings. The highest BCUT2D eigenvalue weighted by Gasteiger charge is 2.29. The first-order valence-electron chi connectivity index (χ1n) is 5.06. The molecule has 0 saturated carbocycles. The summed E-state index contributed by atoms with van der Waals surface area (Å²) in [5.41, 5.74) is 9.78. The van der Waals surface area contributed by atoms with Crippen LogP contribution in [-0.4, -0.2) is 37.6 Å². The third-order valence-electron chi connectivity index (χ3n) is 2.12. The third kappa shape index (κ3) is 3.73. The van der Waals surface area contributed by atoms with Crippen molar-refractivity contribution in [3.8, 4) is 0 Å². The van der Waals surface area contributed by atoms with E-state index in [9.17, 15) is 22.4 Å². The molecule has 1 aromatic rings. The molecule has 0 heterocycles. The molecule has 7 nitrogen and oxygen atoms in total. The van der Waals surface area contributed by atoms with Crippen LogP contribution in [0.4, 0.5) is 4.39 Å². The van der Waals surface area contributed by atoms with Gasteiger partial charge in [0.1, 0.15) is 10.7 Å². The Morgan fingerprint density at radius 2 is 1.58 bits per heavy atom. The highest BCUT2D eigenvalue weighted by molar-refractivity contribution is 7.89. The molecule has 0 aliphatic carbocycles. The number of nitrogens with two attached hydrogens (primary N) is 2. The van der Waals surface area contributed by atoms with Gasteiger partial charge in [0.05, 0.1) is 13.1 Å². The Labute approximate surface area is 109 Å². The Kier molecular flexibility index (Phi) is 4.57. The van der Waals surface area contributed by atoms with Crippen molar-refractivity contribution in [2.75, 3.05) is 13.1 Å². The summed E-state index contributed by atoms with van der Waals surface area (Å²) in [7, 11) is -4.37. The average molecular weight is 289 g/mol. The topological polar surface area (TPSA) is 124 Å². The van der Waals surface area contributed by atoms with Crippen LogP contribution in [0, 0.1) is 5.82 Å². The molecule has 2 amide bonds. The van der Waals surface area contributed by atoms with Crippen molar-refractivity contribution in [1.82, 2.24) is 4.31 Å². The average Bonchev–Trinajstić information content (AvgIpc) is 2.27. The number of halogens is 1. The van der Waals surface area contributed by atoms with Crippen LogP contribution < -0.4 is 11.5 Å². The number of nitrogens with zero attached hydrogens (tertiary/aromatic N) is 1. The molecule has 1 rings (SSSR count). The maximum absolute atomic E-state index is 13.5. The molecule has 0 spiro atoms. The fourth-order valence-electron chi connectivity index (χ4n) is 1.37. The van der Waals surface area contributed by atoms with Gasteiger partial charge in [0.15, 0.2) is 0 Å². The van der Waals surface area contributed by atoms with Gasteiger partial charge in [-0.15, -0.1) is 0 Å². The Bertz CT molecular complexity index is 587. The molecule has 0 fully saturated rings. The molecule has 19 heavy (non-hydrogen) atoms. The van der Waals surface area contributed by atoms with Crippen LogP contribution in [0.2, 0.25) is 0 Å². The lowest BCUT2D eigenvalue weighted by atomic mass is 10.4. The van der Waals surface area contributed by atoms with Gasteiger partial charge < -0.3 is 11.5 Å². The van der Waals surface area contributed by atoms with E-state index in [0.717, 1.165) is 12.1 Å². The maximum atomic E-state index is 13.5. The zero-order chi connectivity index (χ0) is 14.6. The number of primary amides is 2. The van der Waals surface area contributed by atoms with Gasteiger partial charge in [-0.2, -0.15) is 4.31 Å². The standard InChI is InChI=1S/C10H12FN3O4S/c11-7-3-1-2-4-8(7)19(17,18)14(5-9(12)15)6-10(13)16/h1-4H,5-6H2,(H2,12,15)(H2,13,16). The van der Waals surface area contributed by atoms with E-state index in [1.165, 1.54) is 12.1 Å². The minimum atomic E-state index is -4.37. The second kappa shape index (κ2) is 5.76. The van der Waals surface area contributed by atoms with Gasteiger partial charge in [-0.1, -0.05) is 12.1 Å². The van der Waals surface area contributed by atoms with Crippen LogP contribution in [0.1, 0.15) is 0 Å². The largest absolute Gasteiger partial charge is 0.369 e. The summed E-state index contributed by atoms with van der Waals surface area (Å²) in [5.74, 6) is -2.97. The predicted octanol–water partition coefficient (Wildman–Crippen LogP) is -1.21. The summed E-state index contributed by atoms with van der Waals surface area (Å²) in [4.78, 5) is 21.0. The quantitative estimate of drug-likeness (QED) is 0.681. The first kappa shape index (κ1) is 15.1. The number of rotatable bonds is 6. The van der Waals surface area contributed by atoms with E-state index in [-0.39, 0.29) is 0 Å². The van der Waals surface area contributed by atoms with Crippen molar-refractivity contribution in [2.45, 2.75) is 4.90 Å². The van der Waals surface area contributed by atoms with Gasteiger partial charge >= 0.3 is 0 Å². The van der Waals surface area contributed by atoms with Gasteiger partial charge in [0.2, 0.25) is 21.8 Å². The molecule has 0 saturated heterocycles. The molecule has 4 N–H and O–H groups in total. The molecule has 0 aliphatic heterocycles. The van der Waals surface area contributed by atoms with Gasteiger partial charge in [-0.05, 0) is 12.1 Å². The molecular formula is C10H12FN3O4S. The van der Waals surface area contributed by atoms with Gasteiger partial charge in [0, 0.05) is 0 Å². The fraction of sp³-hybridized carbons (Fsp3) is 0.200. The van der Waals surface area contributed by atoms with Crippen LogP contribution >= 0.6 is 0 Å². The molecule has 0 aromatic heterocycles. The Morgan fingerprint density at radius 3 is 2.00 bits per heavy atom. The fourth-order valence-corrected chi connectivity index (χ4v) is 2.80. The summed E-state index contributed by atoms with van der Waals surface area (Å²) in [5, 5.41) is 0. The third-order valence-corrected chi connectivity index (χ3v) is 3.94. The minimum Gasteiger partial charge on any atom is -0.369 e. The number of hydrogen-bond donors (Lipinski definition) is 2. The number of hydrogen-bond acceptors (Lipinski definition) is 4. The van der Waals surface area contributed by atoms with Crippen LogP contribution in [0.5, 0.6) is 0 Å². The normalized spacial score (nSPS) is 11.5. The van der Waals surface area contributed by atoms with Crippen LogP contribution in [-0.2, 0) is 19.6 Å². The van der Waals surface area contributed by atoms with Crippen molar-refractivity contribution in [2.24, 2.45) is 11.5 Å². The Hall–Kier alpha value is -2.00. The maximum Gasteiger partial charge on any atom is 0.246 e. The Balaban J connectivity index is 3.23. The van der Waals surface area contributed by atoms with Crippen LogP contribution in [0.25, 0.3) is 0 Å². The Morgan fingerprint density at radius 1 is 1.11 bits per heavy atom. The smallest absolute Gasteiger partial charge is 0.246 e. The first-order valence-corrected chi connectivity index (χ1v) is 6.50. The second-order valence-electron chi connectivity index (χ2n) is 3.64. The molecular weight excluding hydrogens is 277 g/mol. The molecule has 0 atom stereocenters. The number of carbonyl (C=O) groups excluding carboxylic acids is 2. The van der Waals surface area contributed by atoms with Crippen molar-refractivity contribution < 1.29 is 22.4 Å². The molecule has 0 bridgehead atoms. The number of amides is 2. The zero-order valence-electron chi connectivity index (χ0n) is 9.74. The second-order valence-corrected chi connectivity index (χ2v) is 5.54. The summed E-state index contributed by atoms with van der Waals surface area (Å²) in [6, 6.07) is 4.57. The predicted molar refractivity (Wildman–Crippen MR) is 63.5 cm³/mol. The van der Waals surface area contributed by atoms with Gasteiger partial charge in [0.25, 0.3) is 0 Å². The molecule has 9 heteroatoms. The molecule has 104 valence electrons. The van der Waals surface area contributed by atoms with E-state index >= 15 is 0 Å². The lowest BCUT2D eigenvalue weighted by molar-refractivity contribution is -0.120. The van der Waals surface area contributed by atoms with E-state index in [1.807, 2.05) is 0 Å². The van der Waals surface area contributed by atoms with Crippen molar-refractivity contribution >= 4 is 21.8 Å². The van der Waals surface area contributed by atoms with Crippen LogP contribution in [0.3, 0.4) is 0 Å². The van der Waals surface area contributed by atoms with E-state index in [1.54, 1.807) is 0 Å². The van der Waals surface area contributed by atoms with Crippen molar-refractivity contribution in [3.63, 3.8) is 0 Å². The summed E-state index contributed by atoms with van der Waals surface area (Å²) in [6.45, 7) is -1.53. The summed E-state index contributed by atoms with van der Waals surface area (Å²) < 4.78 is 38.1. The number of benzene rings is 1. The monoisotopic (exact) mass is 289 g/mol. The minimum absolute atomic E-state index is 0.427. The number of sulfonamides is 1. The first-order chi connectivity index (χ1) is 8.75. The van der Waals surface area contributed by atoms with Gasteiger partial charge in [-0.3, -0.25) is 9.59 Å². The van der Waals surface area contributed by atoms with E-state index in [4.69, 9.17) is 11.5 Å². The molecule has 1 aromatic carbocycles. The van der Waals surface area contributed by atoms with E-state index < -0.39 is 45.6 Å². The zero-order valence-corrected chi connectivity index (χ0v) is 10.6. The van der Waals surface area contributed by atoms with E-state index in [2.05, 4.69) is 0 Å². The molecule has 0 unspecified atom stereocenters. The van der Waals surface area contributed by atoms with E-state index in [0.29, 0.717) is 4.31 Å². The van der Waals surface area contributed by atoms with Gasteiger partial charge in [-0.25, -0.2) is 12.8 Å². The SMILES string of the molecule is NC(=O)CN(CC(N)=O)S(=O)(=O)c1ccccc1F. The van der Waals surface area contributed by atoms with Crippen LogP contribution in [0.15, 0.2) is 29.2 Å². The molecule has 0 radical (unpaired) electrons. The summed E-state index contributed by atoms with van der Waals surface area (Å²) >= 11 is 0.